The smallest absolute Gasteiger partial charge is 0.321 e. The Balaban J connectivity index is 1.52. The van der Waals surface area contributed by atoms with Gasteiger partial charge in [0, 0.05) is 25.2 Å². The highest BCUT2D eigenvalue weighted by molar-refractivity contribution is 7.13. The number of rotatable bonds is 4. The molecule has 2 N–H and O–H groups in total. The van der Waals surface area contributed by atoms with Gasteiger partial charge in [0.1, 0.15) is 5.51 Å². The summed E-state index contributed by atoms with van der Waals surface area (Å²) in [5.41, 5.74) is 3.42. The van der Waals surface area contributed by atoms with Crippen LogP contribution in [0.1, 0.15) is 18.4 Å². The van der Waals surface area contributed by atoms with Crippen molar-refractivity contribution >= 4 is 34.1 Å². The number of anilines is 2. The molecule has 0 bridgehead atoms. The fraction of sp³-hybridized carbons (Fsp3) is 0.286. The van der Waals surface area contributed by atoms with Crippen molar-refractivity contribution in [2.75, 3.05) is 16.8 Å². The second-order valence-corrected chi connectivity index (χ2v) is 5.70. The van der Waals surface area contributed by atoms with Gasteiger partial charge in [0.25, 0.3) is 0 Å². The van der Waals surface area contributed by atoms with Crippen LogP contribution >= 0.6 is 11.3 Å². The van der Waals surface area contributed by atoms with E-state index < -0.39 is 0 Å². The first-order valence-electron chi connectivity index (χ1n) is 6.93. The van der Waals surface area contributed by atoms with Crippen LogP contribution in [0.5, 0.6) is 0 Å². The van der Waals surface area contributed by atoms with E-state index in [1.54, 1.807) is 10.4 Å². The molecule has 7 nitrogen and oxygen atoms in total. The summed E-state index contributed by atoms with van der Waals surface area (Å²) in [5.74, 6) is 0.169. The second-order valence-electron chi connectivity index (χ2n) is 4.87. The molecule has 0 aliphatic carbocycles. The van der Waals surface area contributed by atoms with Crippen molar-refractivity contribution in [3.05, 3.63) is 35.3 Å². The van der Waals surface area contributed by atoms with Crippen molar-refractivity contribution in [2.24, 2.45) is 0 Å². The summed E-state index contributed by atoms with van der Waals surface area (Å²) >= 11 is 1.26. The number of hydrogen-bond donors (Lipinski definition) is 2. The number of urea groups is 1. The Bertz CT molecular complexity index is 656. The number of nitrogens with one attached hydrogen (secondary N) is 2. The summed E-state index contributed by atoms with van der Waals surface area (Å²) in [4.78, 5) is 25.1. The first-order chi connectivity index (χ1) is 10.7. The van der Waals surface area contributed by atoms with Crippen molar-refractivity contribution in [1.82, 2.24) is 15.5 Å². The molecule has 1 aromatic carbocycles. The van der Waals surface area contributed by atoms with Gasteiger partial charge in [-0.25, -0.2) is 4.79 Å². The summed E-state index contributed by atoms with van der Waals surface area (Å²) in [6, 6.07) is 7.31. The standard InChI is InChI=1S/C14H15N5O2S/c20-12-2-1-7-19(12)11-5-3-10(4-6-11)8-15-13(21)17-14-18-16-9-22-14/h3-6,9H,1-2,7-8H2,(H2,15,17,18,21). The maximum Gasteiger partial charge on any atom is 0.321 e. The SMILES string of the molecule is O=C(NCc1ccc(N2CCCC2=O)cc1)Nc1nncs1. The van der Waals surface area contributed by atoms with Crippen LogP contribution in [-0.2, 0) is 11.3 Å². The van der Waals surface area contributed by atoms with Crippen LogP contribution < -0.4 is 15.5 Å². The molecule has 1 aliphatic heterocycles. The summed E-state index contributed by atoms with van der Waals surface area (Å²) in [6.45, 7) is 1.18. The molecule has 22 heavy (non-hydrogen) atoms. The number of hydrogen-bond acceptors (Lipinski definition) is 5. The van der Waals surface area contributed by atoms with Crippen molar-refractivity contribution in [2.45, 2.75) is 19.4 Å². The lowest BCUT2D eigenvalue weighted by Gasteiger charge is -2.16. The highest BCUT2D eigenvalue weighted by Gasteiger charge is 2.21. The highest BCUT2D eigenvalue weighted by atomic mass is 32.1. The highest BCUT2D eigenvalue weighted by Crippen LogP contribution is 2.21. The second kappa shape index (κ2) is 6.52. The Morgan fingerprint density at radius 2 is 2.14 bits per heavy atom. The molecule has 0 radical (unpaired) electrons. The largest absolute Gasteiger partial charge is 0.334 e. The average molecular weight is 317 g/mol. The molecule has 1 aromatic heterocycles. The first-order valence-corrected chi connectivity index (χ1v) is 7.81. The van der Waals surface area contributed by atoms with Crippen LogP contribution in [0.15, 0.2) is 29.8 Å². The van der Waals surface area contributed by atoms with Crippen molar-refractivity contribution in [3.63, 3.8) is 0 Å². The van der Waals surface area contributed by atoms with Gasteiger partial charge in [0.15, 0.2) is 0 Å². The number of amides is 3. The minimum Gasteiger partial charge on any atom is -0.334 e. The minimum absolute atomic E-state index is 0.169. The quantitative estimate of drug-likeness (QED) is 0.902. The van der Waals surface area contributed by atoms with Gasteiger partial charge in [0.05, 0.1) is 0 Å². The molecule has 1 aliphatic rings. The van der Waals surface area contributed by atoms with E-state index in [4.69, 9.17) is 0 Å². The van der Waals surface area contributed by atoms with E-state index in [2.05, 4.69) is 20.8 Å². The predicted molar refractivity (Wildman–Crippen MR) is 83.8 cm³/mol. The van der Waals surface area contributed by atoms with Crippen LogP contribution in [0, 0.1) is 0 Å². The zero-order valence-corrected chi connectivity index (χ0v) is 12.6. The first kappa shape index (κ1) is 14.5. The molecule has 1 fully saturated rings. The molecular formula is C14H15N5O2S. The zero-order chi connectivity index (χ0) is 15.4. The van der Waals surface area contributed by atoms with E-state index in [1.165, 1.54) is 11.3 Å². The van der Waals surface area contributed by atoms with Crippen LogP contribution in [0.2, 0.25) is 0 Å². The van der Waals surface area contributed by atoms with Gasteiger partial charge in [-0.05, 0) is 24.1 Å². The van der Waals surface area contributed by atoms with Crippen LogP contribution in [-0.4, -0.2) is 28.7 Å². The zero-order valence-electron chi connectivity index (χ0n) is 11.8. The van der Waals surface area contributed by atoms with Crippen molar-refractivity contribution < 1.29 is 9.59 Å². The lowest BCUT2D eigenvalue weighted by atomic mass is 10.2. The van der Waals surface area contributed by atoms with Gasteiger partial charge < -0.3 is 10.2 Å². The third-order valence-electron chi connectivity index (χ3n) is 3.35. The minimum atomic E-state index is -0.324. The van der Waals surface area contributed by atoms with Gasteiger partial charge in [0.2, 0.25) is 11.0 Å². The van der Waals surface area contributed by atoms with Gasteiger partial charge >= 0.3 is 6.03 Å². The molecule has 0 atom stereocenters. The molecule has 0 saturated carbocycles. The molecule has 8 heteroatoms. The monoisotopic (exact) mass is 317 g/mol. The summed E-state index contributed by atoms with van der Waals surface area (Å²) in [7, 11) is 0. The molecule has 2 heterocycles. The van der Waals surface area contributed by atoms with E-state index >= 15 is 0 Å². The van der Waals surface area contributed by atoms with E-state index in [9.17, 15) is 9.59 Å². The average Bonchev–Trinajstić information content (AvgIpc) is 3.17. The van der Waals surface area contributed by atoms with Crippen molar-refractivity contribution in [3.8, 4) is 0 Å². The molecule has 3 rings (SSSR count). The lowest BCUT2D eigenvalue weighted by molar-refractivity contribution is -0.117. The molecule has 0 spiro atoms. The Labute approximate surface area is 131 Å². The Morgan fingerprint density at radius 1 is 1.32 bits per heavy atom. The number of aromatic nitrogens is 2. The van der Waals surface area contributed by atoms with Gasteiger partial charge in [-0.15, -0.1) is 10.2 Å². The molecule has 2 aromatic rings. The lowest BCUT2D eigenvalue weighted by Crippen LogP contribution is -2.28. The maximum atomic E-state index is 11.7. The molecule has 114 valence electrons. The van der Waals surface area contributed by atoms with Gasteiger partial charge in [-0.1, -0.05) is 23.5 Å². The van der Waals surface area contributed by atoms with Gasteiger partial charge in [-0.2, -0.15) is 0 Å². The Morgan fingerprint density at radius 3 is 2.77 bits per heavy atom. The Kier molecular flexibility index (Phi) is 4.29. The number of benzene rings is 1. The summed E-state index contributed by atoms with van der Waals surface area (Å²) in [5, 5.41) is 13.2. The van der Waals surface area contributed by atoms with E-state index in [0.717, 1.165) is 24.2 Å². The number of nitrogens with zero attached hydrogens (tertiary/aromatic N) is 3. The fourth-order valence-electron chi connectivity index (χ4n) is 2.27. The molecule has 0 unspecified atom stereocenters. The molecule has 3 amide bonds. The van der Waals surface area contributed by atoms with Crippen molar-refractivity contribution in [1.29, 1.82) is 0 Å². The van der Waals surface area contributed by atoms with Crippen LogP contribution in [0.4, 0.5) is 15.6 Å². The maximum absolute atomic E-state index is 11.7. The fourth-order valence-corrected chi connectivity index (χ4v) is 2.71. The molecular weight excluding hydrogens is 302 g/mol. The third kappa shape index (κ3) is 3.40. The van der Waals surface area contributed by atoms with E-state index in [0.29, 0.717) is 18.1 Å². The topological polar surface area (TPSA) is 87.2 Å². The summed E-state index contributed by atoms with van der Waals surface area (Å²) in [6.07, 6.45) is 1.53. The van der Waals surface area contributed by atoms with E-state index in [1.807, 2.05) is 24.3 Å². The molecule has 1 saturated heterocycles. The van der Waals surface area contributed by atoms with E-state index in [-0.39, 0.29) is 11.9 Å². The predicted octanol–water partition coefficient (Wildman–Crippen LogP) is 1.99. The normalized spacial score (nSPS) is 14.2. The van der Waals surface area contributed by atoms with Gasteiger partial charge in [-0.3, -0.25) is 10.1 Å². The Hall–Kier alpha value is -2.48. The van der Waals surface area contributed by atoms with Crippen LogP contribution in [0.3, 0.4) is 0 Å². The van der Waals surface area contributed by atoms with Crippen LogP contribution in [0.25, 0.3) is 0 Å². The summed E-state index contributed by atoms with van der Waals surface area (Å²) < 4.78 is 0. The number of carbonyl (C=O) groups excluding carboxylic acids is 2. The number of carbonyl (C=O) groups is 2. The third-order valence-corrected chi connectivity index (χ3v) is 3.96.